The number of thiophene rings is 1. The lowest BCUT2D eigenvalue weighted by Gasteiger charge is -2.24. The quantitative estimate of drug-likeness (QED) is 0.601. The molecule has 1 amide bonds. The number of hydrogen-bond donors (Lipinski definition) is 1. The molecular weight excluding hydrogens is 448 g/mol. The van der Waals surface area contributed by atoms with Gasteiger partial charge in [-0.1, -0.05) is 6.07 Å². The summed E-state index contributed by atoms with van der Waals surface area (Å²) >= 11 is 1.66. The minimum absolute atomic E-state index is 0.0397. The van der Waals surface area contributed by atoms with E-state index < -0.39 is 10.0 Å². The van der Waals surface area contributed by atoms with Gasteiger partial charge in [-0.25, -0.2) is 8.42 Å². The van der Waals surface area contributed by atoms with Gasteiger partial charge in [0.2, 0.25) is 0 Å². The van der Waals surface area contributed by atoms with Crippen molar-refractivity contribution < 1.29 is 22.7 Å². The summed E-state index contributed by atoms with van der Waals surface area (Å²) in [6.07, 6.45) is 1.93. The zero-order valence-corrected chi connectivity index (χ0v) is 18.8. The maximum Gasteiger partial charge on any atom is 0.262 e. The summed E-state index contributed by atoms with van der Waals surface area (Å²) in [7, 11) is -3.81. The Kier molecular flexibility index (Phi) is 5.52. The molecule has 0 bridgehead atoms. The standard InChI is InChI=1S/C23H22N2O5S2/c26-23(25-11-1-3-19(25)22-4-2-14-31-22)16-5-7-17(8-6-16)24-32(27,28)18-9-10-20-21(15-18)30-13-12-29-20/h2,4-10,14-15,19,24H,1,3,11-13H2/t19-/m0/s1. The van der Waals surface area contributed by atoms with Gasteiger partial charge in [0, 0.05) is 28.7 Å². The highest BCUT2D eigenvalue weighted by atomic mass is 32.2. The van der Waals surface area contributed by atoms with Crippen LogP contribution < -0.4 is 14.2 Å². The van der Waals surface area contributed by atoms with E-state index >= 15 is 0 Å². The molecule has 1 fully saturated rings. The zero-order valence-electron chi connectivity index (χ0n) is 17.2. The summed E-state index contributed by atoms with van der Waals surface area (Å²) in [4.78, 5) is 16.3. The maximum atomic E-state index is 13.1. The molecule has 166 valence electrons. The fourth-order valence-electron chi connectivity index (χ4n) is 4.04. The van der Waals surface area contributed by atoms with Gasteiger partial charge in [-0.3, -0.25) is 9.52 Å². The van der Waals surface area contributed by atoms with E-state index in [0.717, 1.165) is 19.4 Å². The average molecular weight is 471 g/mol. The lowest BCUT2D eigenvalue weighted by atomic mass is 10.1. The van der Waals surface area contributed by atoms with Crippen molar-refractivity contribution in [3.8, 4) is 11.5 Å². The van der Waals surface area contributed by atoms with Gasteiger partial charge in [-0.2, -0.15) is 0 Å². The molecule has 2 aliphatic heterocycles. The summed E-state index contributed by atoms with van der Waals surface area (Å²) in [6.45, 7) is 1.54. The van der Waals surface area contributed by atoms with Crippen LogP contribution in [0.25, 0.3) is 0 Å². The molecule has 3 aromatic rings. The minimum Gasteiger partial charge on any atom is -0.486 e. The maximum absolute atomic E-state index is 13.1. The van der Waals surface area contributed by atoms with Crippen LogP contribution in [-0.2, 0) is 10.0 Å². The Bertz CT molecular complexity index is 1220. The largest absolute Gasteiger partial charge is 0.486 e. The molecule has 2 aliphatic rings. The van der Waals surface area contributed by atoms with Crippen LogP contribution >= 0.6 is 11.3 Å². The van der Waals surface area contributed by atoms with E-state index in [4.69, 9.17) is 9.47 Å². The summed E-state index contributed by atoms with van der Waals surface area (Å²) in [5, 5.41) is 2.03. The highest BCUT2D eigenvalue weighted by molar-refractivity contribution is 7.92. The molecule has 7 nitrogen and oxygen atoms in total. The molecule has 3 heterocycles. The van der Waals surface area contributed by atoms with Gasteiger partial charge in [-0.15, -0.1) is 11.3 Å². The molecule has 1 N–H and O–H groups in total. The van der Waals surface area contributed by atoms with Gasteiger partial charge in [0.1, 0.15) is 13.2 Å². The van der Waals surface area contributed by atoms with Gasteiger partial charge < -0.3 is 14.4 Å². The molecule has 0 spiro atoms. The molecule has 5 rings (SSSR count). The van der Waals surface area contributed by atoms with Gasteiger partial charge in [0.15, 0.2) is 11.5 Å². The smallest absolute Gasteiger partial charge is 0.262 e. The van der Waals surface area contributed by atoms with Crippen molar-refractivity contribution in [2.24, 2.45) is 0 Å². The van der Waals surface area contributed by atoms with Crippen LogP contribution in [0.1, 0.15) is 34.1 Å². The number of carbonyl (C=O) groups excluding carboxylic acids is 1. The van der Waals surface area contributed by atoms with Crippen molar-refractivity contribution in [3.05, 3.63) is 70.4 Å². The second kappa shape index (κ2) is 8.48. The molecule has 0 aliphatic carbocycles. The van der Waals surface area contributed by atoms with Crippen LogP contribution in [0.3, 0.4) is 0 Å². The van der Waals surface area contributed by atoms with Gasteiger partial charge >= 0.3 is 0 Å². The summed E-state index contributed by atoms with van der Waals surface area (Å²) in [5.41, 5.74) is 0.920. The van der Waals surface area contributed by atoms with Crippen molar-refractivity contribution in [3.63, 3.8) is 0 Å². The number of rotatable bonds is 5. The SMILES string of the molecule is O=C(c1ccc(NS(=O)(=O)c2ccc3c(c2)OCCO3)cc1)N1CCC[C@H]1c1cccs1. The molecule has 0 radical (unpaired) electrons. The average Bonchev–Trinajstić information content (AvgIpc) is 3.50. The minimum atomic E-state index is -3.81. The van der Waals surface area contributed by atoms with Crippen LogP contribution in [0.4, 0.5) is 5.69 Å². The lowest BCUT2D eigenvalue weighted by molar-refractivity contribution is 0.0738. The summed E-state index contributed by atoms with van der Waals surface area (Å²) in [6, 6.07) is 15.2. The number of ether oxygens (including phenoxy) is 2. The predicted molar refractivity (Wildman–Crippen MR) is 122 cm³/mol. The second-order valence-electron chi connectivity index (χ2n) is 7.66. The van der Waals surface area contributed by atoms with E-state index in [2.05, 4.69) is 10.8 Å². The highest BCUT2D eigenvalue weighted by Crippen LogP contribution is 2.36. The number of carbonyl (C=O) groups is 1. The van der Waals surface area contributed by atoms with Crippen molar-refractivity contribution in [1.29, 1.82) is 0 Å². The Morgan fingerprint density at radius 1 is 1.03 bits per heavy atom. The Morgan fingerprint density at radius 2 is 1.81 bits per heavy atom. The Labute approximate surface area is 190 Å². The monoisotopic (exact) mass is 470 g/mol. The van der Waals surface area contributed by atoms with Crippen molar-refractivity contribution in [1.82, 2.24) is 4.90 Å². The van der Waals surface area contributed by atoms with E-state index in [-0.39, 0.29) is 16.8 Å². The second-order valence-corrected chi connectivity index (χ2v) is 10.3. The topological polar surface area (TPSA) is 84.9 Å². The van der Waals surface area contributed by atoms with E-state index in [1.54, 1.807) is 41.7 Å². The third-order valence-corrected chi connectivity index (χ3v) is 7.95. The first-order chi connectivity index (χ1) is 15.5. The molecule has 0 unspecified atom stereocenters. The van der Waals surface area contributed by atoms with Crippen molar-refractivity contribution >= 4 is 33.0 Å². The van der Waals surface area contributed by atoms with Crippen LogP contribution in [0, 0.1) is 0 Å². The number of fused-ring (bicyclic) bond motifs is 1. The number of nitrogens with one attached hydrogen (secondary N) is 1. The number of benzene rings is 2. The summed E-state index contributed by atoms with van der Waals surface area (Å²) < 4.78 is 39.1. The fraction of sp³-hybridized carbons (Fsp3) is 0.261. The number of anilines is 1. The third kappa shape index (κ3) is 4.05. The third-order valence-electron chi connectivity index (χ3n) is 5.59. The highest BCUT2D eigenvalue weighted by Gasteiger charge is 2.31. The van der Waals surface area contributed by atoms with Gasteiger partial charge in [0.25, 0.3) is 15.9 Å². The molecule has 2 aromatic carbocycles. The van der Waals surface area contributed by atoms with Crippen molar-refractivity contribution in [2.75, 3.05) is 24.5 Å². The number of likely N-dealkylation sites (tertiary alicyclic amines) is 1. The first kappa shape index (κ1) is 20.8. The first-order valence-corrected chi connectivity index (χ1v) is 12.7. The van der Waals surface area contributed by atoms with Gasteiger partial charge in [-0.05, 0) is 60.7 Å². The molecule has 32 heavy (non-hydrogen) atoms. The number of sulfonamides is 1. The predicted octanol–water partition coefficient (Wildman–Crippen LogP) is 4.30. The molecule has 1 atom stereocenters. The molecule has 1 aromatic heterocycles. The van der Waals surface area contributed by atoms with Gasteiger partial charge in [0.05, 0.1) is 10.9 Å². The van der Waals surface area contributed by atoms with Crippen molar-refractivity contribution in [2.45, 2.75) is 23.8 Å². The number of nitrogens with zero attached hydrogens (tertiary/aromatic N) is 1. The Morgan fingerprint density at radius 3 is 2.56 bits per heavy atom. The fourth-order valence-corrected chi connectivity index (χ4v) is 5.99. The number of amides is 1. The van der Waals surface area contributed by atoms with Crippen LogP contribution in [0.2, 0.25) is 0 Å². The van der Waals surface area contributed by atoms with Crippen LogP contribution in [0.5, 0.6) is 11.5 Å². The summed E-state index contributed by atoms with van der Waals surface area (Å²) in [5.74, 6) is 0.897. The zero-order chi connectivity index (χ0) is 22.1. The molecule has 1 saturated heterocycles. The lowest BCUT2D eigenvalue weighted by Crippen LogP contribution is -2.30. The number of hydrogen-bond acceptors (Lipinski definition) is 6. The van der Waals surface area contributed by atoms with E-state index in [1.807, 2.05) is 16.3 Å². The molecule has 0 saturated carbocycles. The van der Waals surface area contributed by atoms with E-state index in [9.17, 15) is 13.2 Å². The van der Waals surface area contributed by atoms with E-state index in [0.29, 0.717) is 36.0 Å². The van der Waals surface area contributed by atoms with Crippen LogP contribution in [0.15, 0.2) is 64.9 Å². The first-order valence-electron chi connectivity index (χ1n) is 10.4. The Hall–Kier alpha value is -3.04. The van der Waals surface area contributed by atoms with Crippen LogP contribution in [-0.4, -0.2) is 39.0 Å². The molecule has 9 heteroatoms. The molecular formula is C23H22N2O5S2. The Balaban J connectivity index is 1.31. The van der Waals surface area contributed by atoms with E-state index in [1.165, 1.54) is 17.0 Å². The normalized spacial score (nSPS) is 17.9.